The van der Waals surface area contributed by atoms with Crippen LogP contribution in [0, 0.1) is 0 Å². The molecule has 0 aromatic heterocycles. The van der Waals surface area contributed by atoms with Crippen LogP contribution < -0.4 is 0 Å². The Labute approximate surface area is 123 Å². The van der Waals surface area contributed by atoms with E-state index in [0.29, 0.717) is 6.61 Å². The van der Waals surface area contributed by atoms with Gasteiger partial charge in [-0.3, -0.25) is 4.79 Å². The molecule has 3 rings (SSSR count). The van der Waals surface area contributed by atoms with E-state index in [1.165, 1.54) is 6.92 Å². The SMILES string of the molecule is CC(=O)O[C@@H]1[C@H]2OC(C)(C)O[C@H]2O[C@@H]1[C@H]1COC(C)(C)O1. The normalized spacial score (nSPS) is 43.8. The Bertz CT molecular complexity index is 433. The van der Waals surface area contributed by atoms with Gasteiger partial charge in [-0.1, -0.05) is 0 Å². The van der Waals surface area contributed by atoms with Crippen molar-refractivity contribution in [3.8, 4) is 0 Å². The van der Waals surface area contributed by atoms with E-state index >= 15 is 0 Å². The summed E-state index contributed by atoms with van der Waals surface area (Å²) in [6.07, 6.45) is -2.40. The smallest absolute Gasteiger partial charge is 0.303 e. The molecule has 3 aliphatic rings. The number of hydrogen-bond acceptors (Lipinski definition) is 7. The molecule has 0 N–H and O–H groups in total. The van der Waals surface area contributed by atoms with Gasteiger partial charge < -0.3 is 28.4 Å². The second kappa shape index (κ2) is 4.89. The number of carbonyl (C=O) groups is 1. The summed E-state index contributed by atoms with van der Waals surface area (Å²) in [7, 11) is 0. The summed E-state index contributed by atoms with van der Waals surface area (Å²) in [4.78, 5) is 11.4. The van der Waals surface area contributed by atoms with Crippen molar-refractivity contribution in [1.82, 2.24) is 0 Å². The van der Waals surface area contributed by atoms with Gasteiger partial charge in [-0.05, 0) is 27.7 Å². The summed E-state index contributed by atoms with van der Waals surface area (Å²) in [5.41, 5.74) is 0. The first kappa shape index (κ1) is 15.2. The minimum atomic E-state index is -0.759. The predicted octanol–water partition coefficient (Wildman–Crippen LogP) is 0.946. The topological polar surface area (TPSA) is 72.5 Å². The molecular weight excluding hydrogens is 280 g/mol. The lowest BCUT2D eigenvalue weighted by Gasteiger charge is -2.28. The molecule has 3 fully saturated rings. The van der Waals surface area contributed by atoms with E-state index in [1.807, 2.05) is 13.8 Å². The minimum Gasteiger partial charge on any atom is -0.457 e. The zero-order chi connectivity index (χ0) is 15.4. The summed E-state index contributed by atoms with van der Waals surface area (Å²) in [6, 6.07) is 0. The first-order chi connectivity index (χ1) is 9.67. The molecule has 3 saturated heterocycles. The zero-order valence-corrected chi connectivity index (χ0v) is 13.0. The van der Waals surface area contributed by atoms with Gasteiger partial charge in [0, 0.05) is 6.92 Å². The molecular formula is C14H22O7. The molecule has 3 aliphatic heterocycles. The highest BCUT2D eigenvalue weighted by atomic mass is 16.8. The molecule has 0 radical (unpaired) electrons. The highest BCUT2D eigenvalue weighted by molar-refractivity contribution is 5.66. The minimum absolute atomic E-state index is 0.328. The van der Waals surface area contributed by atoms with Crippen molar-refractivity contribution in [3.63, 3.8) is 0 Å². The molecule has 0 bridgehead atoms. The van der Waals surface area contributed by atoms with Gasteiger partial charge >= 0.3 is 5.97 Å². The van der Waals surface area contributed by atoms with Crippen molar-refractivity contribution < 1.29 is 33.2 Å². The lowest BCUT2D eigenvalue weighted by molar-refractivity contribution is -0.235. The first-order valence-corrected chi connectivity index (χ1v) is 7.17. The number of fused-ring (bicyclic) bond motifs is 1. The maximum Gasteiger partial charge on any atom is 0.303 e. The van der Waals surface area contributed by atoms with Crippen LogP contribution in [0.15, 0.2) is 0 Å². The summed E-state index contributed by atoms with van der Waals surface area (Å²) < 4.78 is 34.2. The Hall–Kier alpha value is -0.730. The van der Waals surface area contributed by atoms with Crippen molar-refractivity contribution in [2.45, 2.75) is 76.9 Å². The summed E-state index contributed by atoms with van der Waals surface area (Å²) in [5.74, 6) is -1.82. The molecule has 0 aromatic rings. The second-order valence-electron chi connectivity index (χ2n) is 6.51. The molecule has 0 spiro atoms. The van der Waals surface area contributed by atoms with Gasteiger partial charge in [-0.2, -0.15) is 0 Å². The van der Waals surface area contributed by atoms with Gasteiger partial charge in [0.1, 0.15) is 12.2 Å². The van der Waals surface area contributed by atoms with Crippen LogP contribution >= 0.6 is 0 Å². The number of carbonyl (C=O) groups excluding carboxylic acids is 1. The highest BCUT2D eigenvalue weighted by Gasteiger charge is 2.59. The third kappa shape index (κ3) is 2.93. The largest absolute Gasteiger partial charge is 0.457 e. The molecule has 21 heavy (non-hydrogen) atoms. The molecule has 5 atom stereocenters. The number of rotatable bonds is 2. The van der Waals surface area contributed by atoms with E-state index in [2.05, 4.69) is 0 Å². The molecule has 0 aliphatic carbocycles. The molecule has 120 valence electrons. The van der Waals surface area contributed by atoms with E-state index in [-0.39, 0.29) is 12.1 Å². The van der Waals surface area contributed by atoms with Crippen LogP contribution in [0.25, 0.3) is 0 Å². The van der Waals surface area contributed by atoms with E-state index in [0.717, 1.165) is 0 Å². The van der Waals surface area contributed by atoms with Crippen LogP contribution in [0.4, 0.5) is 0 Å². The molecule has 3 heterocycles. The second-order valence-corrected chi connectivity index (χ2v) is 6.51. The summed E-state index contributed by atoms with van der Waals surface area (Å²) in [6.45, 7) is 9.00. The van der Waals surface area contributed by atoms with E-state index in [1.54, 1.807) is 13.8 Å². The Morgan fingerprint density at radius 3 is 2.33 bits per heavy atom. The van der Waals surface area contributed by atoms with Crippen molar-refractivity contribution >= 4 is 5.97 Å². The first-order valence-electron chi connectivity index (χ1n) is 7.17. The van der Waals surface area contributed by atoms with Gasteiger partial charge in [0.15, 0.2) is 30.1 Å². The Balaban J connectivity index is 1.77. The van der Waals surface area contributed by atoms with Crippen molar-refractivity contribution in [2.24, 2.45) is 0 Å². The molecule has 0 amide bonds. The molecule has 7 nitrogen and oxygen atoms in total. The fourth-order valence-electron chi connectivity index (χ4n) is 3.01. The van der Waals surface area contributed by atoms with Crippen LogP contribution in [-0.2, 0) is 33.2 Å². The van der Waals surface area contributed by atoms with E-state index < -0.39 is 36.2 Å². The Morgan fingerprint density at radius 1 is 1.05 bits per heavy atom. The van der Waals surface area contributed by atoms with Crippen LogP contribution in [-0.4, -0.2) is 54.9 Å². The average molecular weight is 302 g/mol. The number of esters is 1. The van der Waals surface area contributed by atoms with Gasteiger partial charge in [0.25, 0.3) is 0 Å². The Kier molecular flexibility index (Phi) is 3.53. The zero-order valence-electron chi connectivity index (χ0n) is 13.0. The standard InChI is InChI=1S/C14H22O7/c1-7(15)17-10-9(8-6-16-13(2,3)19-8)18-12-11(10)20-14(4,5)21-12/h8-12H,6H2,1-5H3/t8-,9-,10+,11-,12-/m1/s1. The maximum atomic E-state index is 11.4. The van der Waals surface area contributed by atoms with Crippen molar-refractivity contribution in [3.05, 3.63) is 0 Å². The molecule has 0 saturated carbocycles. The lowest BCUT2D eigenvalue weighted by Crippen LogP contribution is -2.44. The summed E-state index contributed by atoms with van der Waals surface area (Å²) >= 11 is 0. The third-order valence-electron chi connectivity index (χ3n) is 3.73. The molecule has 0 aromatic carbocycles. The highest BCUT2D eigenvalue weighted by Crippen LogP contribution is 2.41. The lowest BCUT2D eigenvalue weighted by atomic mass is 10.1. The van der Waals surface area contributed by atoms with Crippen LogP contribution in [0.2, 0.25) is 0 Å². The number of ether oxygens (including phenoxy) is 6. The predicted molar refractivity (Wildman–Crippen MR) is 69.2 cm³/mol. The fourth-order valence-corrected chi connectivity index (χ4v) is 3.01. The van der Waals surface area contributed by atoms with Gasteiger partial charge in [-0.15, -0.1) is 0 Å². The summed E-state index contributed by atoms with van der Waals surface area (Å²) in [5, 5.41) is 0. The van der Waals surface area contributed by atoms with Crippen LogP contribution in [0.3, 0.4) is 0 Å². The Morgan fingerprint density at radius 2 is 1.76 bits per heavy atom. The average Bonchev–Trinajstić information content (AvgIpc) is 2.90. The van der Waals surface area contributed by atoms with E-state index in [9.17, 15) is 4.79 Å². The molecule has 7 heteroatoms. The van der Waals surface area contributed by atoms with Crippen LogP contribution in [0.1, 0.15) is 34.6 Å². The fraction of sp³-hybridized carbons (Fsp3) is 0.929. The third-order valence-corrected chi connectivity index (χ3v) is 3.73. The van der Waals surface area contributed by atoms with Crippen LogP contribution in [0.5, 0.6) is 0 Å². The van der Waals surface area contributed by atoms with Gasteiger partial charge in [0.05, 0.1) is 6.61 Å². The van der Waals surface area contributed by atoms with Crippen molar-refractivity contribution in [1.29, 1.82) is 0 Å². The maximum absolute atomic E-state index is 11.4. The van der Waals surface area contributed by atoms with Gasteiger partial charge in [-0.25, -0.2) is 0 Å². The quantitative estimate of drug-likeness (QED) is 0.703. The monoisotopic (exact) mass is 302 g/mol. The van der Waals surface area contributed by atoms with Crippen molar-refractivity contribution in [2.75, 3.05) is 6.61 Å². The van der Waals surface area contributed by atoms with Gasteiger partial charge in [0.2, 0.25) is 0 Å². The van der Waals surface area contributed by atoms with E-state index in [4.69, 9.17) is 28.4 Å². The molecule has 0 unspecified atom stereocenters. The number of hydrogen-bond donors (Lipinski definition) is 0.